The largest absolute Gasteiger partial charge is 0.353 e. The van der Waals surface area contributed by atoms with Crippen LogP contribution in [0.5, 0.6) is 0 Å². The lowest BCUT2D eigenvalue weighted by Crippen LogP contribution is -2.56. The zero-order chi connectivity index (χ0) is 28.2. The van der Waals surface area contributed by atoms with Gasteiger partial charge in [0.15, 0.2) is 0 Å². The second kappa shape index (κ2) is 12.3. The minimum absolute atomic E-state index is 0.00821. The minimum Gasteiger partial charge on any atom is -0.353 e. The van der Waals surface area contributed by atoms with Crippen molar-refractivity contribution < 1.29 is 27.2 Å². The standard InChI is InChI=1S/C28H35FN4O5S/c1-31(27(35)21-7-4-3-5-8-21)25(28(36)32-15-17-33(18-16-32)39(2,37)38)9-6-10-26(34)30-24-19-23(24)20-11-13-22(29)14-12-20/h3-5,7-8,11-14,23-25H,6,9-10,15-19H2,1-2H3,(H,30,34)/t23-,24+,25-/m0/s1. The monoisotopic (exact) mass is 558 g/mol. The van der Waals surface area contributed by atoms with Crippen LogP contribution in [0, 0.1) is 5.82 Å². The number of sulfonamides is 1. The van der Waals surface area contributed by atoms with Crippen molar-refractivity contribution in [2.75, 3.05) is 39.5 Å². The van der Waals surface area contributed by atoms with Crippen molar-refractivity contribution >= 4 is 27.7 Å². The molecular formula is C28H35FN4O5S. The highest BCUT2D eigenvalue weighted by molar-refractivity contribution is 7.88. The first-order valence-corrected chi connectivity index (χ1v) is 15.0. The predicted molar refractivity (Wildman–Crippen MR) is 145 cm³/mol. The first-order chi connectivity index (χ1) is 18.5. The second-order valence-corrected chi connectivity index (χ2v) is 12.2. The number of benzene rings is 2. The Kier molecular flexibility index (Phi) is 9.01. The number of halogens is 1. The lowest BCUT2D eigenvalue weighted by Gasteiger charge is -2.37. The molecule has 2 aromatic rings. The van der Waals surface area contributed by atoms with Gasteiger partial charge >= 0.3 is 0 Å². The van der Waals surface area contributed by atoms with Crippen molar-refractivity contribution in [3.05, 3.63) is 71.5 Å². The summed E-state index contributed by atoms with van der Waals surface area (Å²) in [5.41, 5.74) is 1.45. The number of nitrogens with zero attached hydrogens (tertiary/aromatic N) is 3. The highest BCUT2D eigenvalue weighted by atomic mass is 32.2. The summed E-state index contributed by atoms with van der Waals surface area (Å²) in [5, 5.41) is 3.01. The molecule has 11 heteroatoms. The zero-order valence-electron chi connectivity index (χ0n) is 22.3. The molecule has 9 nitrogen and oxygen atoms in total. The Balaban J connectivity index is 1.35. The molecule has 210 valence electrons. The first-order valence-electron chi connectivity index (χ1n) is 13.2. The molecule has 2 fully saturated rings. The molecule has 1 aliphatic heterocycles. The van der Waals surface area contributed by atoms with Crippen LogP contribution < -0.4 is 5.32 Å². The molecule has 0 aromatic heterocycles. The van der Waals surface area contributed by atoms with Crippen LogP contribution in [-0.2, 0) is 19.6 Å². The molecule has 0 bridgehead atoms. The molecule has 0 spiro atoms. The van der Waals surface area contributed by atoms with Gasteiger partial charge in [0.05, 0.1) is 6.26 Å². The van der Waals surface area contributed by atoms with Gasteiger partial charge in [-0.2, -0.15) is 4.31 Å². The molecule has 1 N–H and O–H groups in total. The van der Waals surface area contributed by atoms with Gasteiger partial charge < -0.3 is 15.1 Å². The Labute approximate surface area is 229 Å². The van der Waals surface area contributed by atoms with E-state index in [0.29, 0.717) is 18.4 Å². The van der Waals surface area contributed by atoms with Gasteiger partial charge in [-0.05, 0) is 49.1 Å². The molecule has 2 aliphatic rings. The Bertz CT molecular complexity index is 1280. The molecule has 0 radical (unpaired) electrons. The highest BCUT2D eigenvalue weighted by Crippen LogP contribution is 2.40. The molecule has 2 aromatic carbocycles. The topological polar surface area (TPSA) is 107 Å². The van der Waals surface area contributed by atoms with Gasteiger partial charge in [0.25, 0.3) is 5.91 Å². The normalized spacial score (nSPS) is 20.2. The van der Waals surface area contributed by atoms with Gasteiger partial charge in [-0.3, -0.25) is 14.4 Å². The van der Waals surface area contributed by atoms with Crippen molar-refractivity contribution in [3.63, 3.8) is 0 Å². The van der Waals surface area contributed by atoms with Crippen LogP contribution in [0.15, 0.2) is 54.6 Å². The molecule has 0 unspecified atom stereocenters. The van der Waals surface area contributed by atoms with Crippen molar-refractivity contribution in [2.24, 2.45) is 0 Å². The fraction of sp³-hybridized carbons (Fsp3) is 0.464. The molecule has 3 amide bonds. The summed E-state index contributed by atoms with van der Waals surface area (Å²) < 4.78 is 38.3. The fourth-order valence-electron chi connectivity index (χ4n) is 5.03. The number of piperazine rings is 1. The highest BCUT2D eigenvalue weighted by Gasteiger charge is 2.39. The zero-order valence-corrected chi connectivity index (χ0v) is 23.1. The first kappa shape index (κ1) is 28.7. The molecule has 1 saturated carbocycles. The number of likely N-dealkylation sites (N-methyl/N-ethyl adjacent to an activating group) is 1. The van der Waals surface area contributed by atoms with Crippen LogP contribution in [0.2, 0.25) is 0 Å². The van der Waals surface area contributed by atoms with Crippen LogP contribution in [0.4, 0.5) is 4.39 Å². The molecule has 1 saturated heterocycles. The van der Waals surface area contributed by atoms with E-state index in [-0.39, 0.29) is 68.1 Å². The quantitative estimate of drug-likeness (QED) is 0.481. The smallest absolute Gasteiger partial charge is 0.254 e. The van der Waals surface area contributed by atoms with E-state index >= 15 is 0 Å². The van der Waals surface area contributed by atoms with Gasteiger partial charge in [-0.25, -0.2) is 12.8 Å². The van der Waals surface area contributed by atoms with Gasteiger partial charge in [0.1, 0.15) is 11.9 Å². The van der Waals surface area contributed by atoms with E-state index in [1.807, 2.05) is 0 Å². The summed E-state index contributed by atoms with van der Waals surface area (Å²) in [6.45, 7) is 0.880. The summed E-state index contributed by atoms with van der Waals surface area (Å²) in [7, 11) is -1.76. The van der Waals surface area contributed by atoms with Gasteiger partial charge in [-0.15, -0.1) is 0 Å². The van der Waals surface area contributed by atoms with Gasteiger partial charge in [-0.1, -0.05) is 30.3 Å². The SMILES string of the molecule is CN(C(=O)c1ccccc1)[C@@H](CCCC(=O)N[C@@H]1C[C@H]1c1ccc(F)cc1)C(=O)N1CCN(S(C)(=O)=O)CC1. The maximum atomic E-state index is 13.6. The molecule has 3 atom stereocenters. The minimum atomic E-state index is -3.34. The number of carbonyl (C=O) groups excluding carboxylic acids is 3. The second-order valence-electron chi connectivity index (χ2n) is 10.2. The van der Waals surface area contributed by atoms with Crippen molar-refractivity contribution in [2.45, 2.75) is 43.7 Å². The number of amides is 3. The molecule has 39 heavy (non-hydrogen) atoms. The Morgan fingerprint density at radius 2 is 1.67 bits per heavy atom. The van der Waals surface area contributed by atoms with Gasteiger partial charge in [0, 0.05) is 57.2 Å². The third kappa shape index (κ3) is 7.42. The third-order valence-electron chi connectivity index (χ3n) is 7.43. The lowest BCUT2D eigenvalue weighted by atomic mass is 10.0. The Morgan fingerprint density at radius 3 is 2.28 bits per heavy atom. The molecule has 1 aliphatic carbocycles. The van der Waals surface area contributed by atoms with Crippen LogP contribution in [0.1, 0.15) is 47.5 Å². The van der Waals surface area contributed by atoms with Gasteiger partial charge in [0.2, 0.25) is 21.8 Å². The predicted octanol–water partition coefficient (Wildman–Crippen LogP) is 2.21. The summed E-state index contributed by atoms with van der Waals surface area (Å²) in [5.74, 6) is -0.807. The molecule has 4 rings (SSSR count). The lowest BCUT2D eigenvalue weighted by molar-refractivity contribution is -0.137. The van der Waals surface area contributed by atoms with E-state index in [1.165, 1.54) is 21.3 Å². The summed E-state index contributed by atoms with van der Waals surface area (Å²) in [4.78, 5) is 42.4. The van der Waals surface area contributed by atoms with Crippen molar-refractivity contribution in [3.8, 4) is 0 Å². The molecule has 1 heterocycles. The Hall–Kier alpha value is -3.31. The average molecular weight is 559 g/mol. The van der Waals surface area contributed by atoms with E-state index in [0.717, 1.165) is 18.2 Å². The maximum Gasteiger partial charge on any atom is 0.254 e. The van der Waals surface area contributed by atoms with E-state index in [4.69, 9.17) is 0 Å². The van der Waals surface area contributed by atoms with Crippen LogP contribution in [0.25, 0.3) is 0 Å². The number of carbonyl (C=O) groups is 3. The Morgan fingerprint density at radius 1 is 1.03 bits per heavy atom. The fourth-order valence-corrected chi connectivity index (χ4v) is 5.85. The average Bonchev–Trinajstić information content (AvgIpc) is 3.69. The number of nitrogens with one attached hydrogen (secondary N) is 1. The van der Waals surface area contributed by atoms with Crippen LogP contribution in [-0.4, -0.2) is 91.8 Å². The number of hydrogen-bond acceptors (Lipinski definition) is 5. The molecular weight excluding hydrogens is 523 g/mol. The van der Waals surface area contributed by atoms with Crippen LogP contribution >= 0.6 is 0 Å². The van der Waals surface area contributed by atoms with E-state index in [2.05, 4.69) is 5.32 Å². The van der Waals surface area contributed by atoms with E-state index in [1.54, 1.807) is 54.4 Å². The third-order valence-corrected chi connectivity index (χ3v) is 8.73. The van der Waals surface area contributed by atoms with Crippen molar-refractivity contribution in [1.29, 1.82) is 0 Å². The van der Waals surface area contributed by atoms with Crippen molar-refractivity contribution in [1.82, 2.24) is 19.4 Å². The summed E-state index contributed by atoms with van der Waals surface area (Å²) in [6.07, 6.45) is 2.83. The maximum absolute atomic E-state index is 13.6. The van der Waals surface area contributed by atoms with E-state index < -0.39 is 16.1 Å². The van der Waals surface area contributed by atoms with Crippen LogP contribution in [0.3, 0.4) is 0 Å². The van der Waals surface area contributed by atoms with E-state index in [9.17, 15) is 27.2 Å². The number of hydrogen-bond donors (Lipinski definition) is 1. The summed E-state index contributed by atoms with van der Waals surface area (Å²) in [6, 6.07) is 14.2. The number of rotatable bonds is 10. The summed E-state index contributed by atoms with van der Waals surface area (Å²) >= 11 is 0.